The highest BCUT2D eigenvalue weighted by atomic mass is 16.5. The molecule has 0 spiro atoms. The van der Waals surface area contributed by atoms with Gasteiger partial charge in [-0.2, -0.15) is 0 Å². The Hall–Kier alpha value is -0.610. The fourth-order valence-corrected chi connectivity index (χ4v) is 4.02. The maximum absolute atomic E-state index is 11.4. The van der Waals surface area contributed by atoms with E-state index in [-0.39, 0.29) is 5.97 Å². The number of nitrogens with zero attached hydrogens (tertiary/aromatic N) is 1. The third-order valence-corrected chi connectivity index (χ3v) is 5.36. The Morgan fingerprint density at radius 2 is 1.91 bits per heavy atom. The van der Waals surface area contributed by atoms with Gasteiger partial charge in [0, 0.05) is 37.6 Å². The number of piperidine rings is 1. The molecule has 1 heterocycles. The first-order chi connectivity index (χ1) is 10.6. The van der Waals surface area contributed by atoms with Crippen molar-refractivity contribution in [3.05, 3.63) is 0 Å². The van der Waals surface area contributed by atoms with E-state index in [1.807, 2.05) is 0 Å². The smallest absolute Gasteiger partial charge is 0.305 e. The molecule has 22 heavy (non-hydrogen) atoms. The first-order valence-electron chi connectivity index (χ1n) is 9.15. The normalized spacial score (nSPS) is 28.0. The van der Waals surface area contributed by atoms with Gasteiger partial charge in [-0.05, 0) is 45.4 Å². The minimum Gasteiger partial charge on any atom is -0.469 e. The predicted octanol–water partition coefficient (Wildman–Crippen LogP) is 2.96. The van der Waals surface area contributed by atoms with Gasteiger partial charge in [-0.1, -0.05) is 19.3 Å². The molecule has 2 rings (SSSR count). The number of methoxy groups -OCH3 is 1. The van der Waals surface area contributed by atoms with Crippen molar-refractivity contribution in [2.24, 2.45) is 5.92 Å². The molecule has 1 saturated heterocycles. The molecule has 1 aliphatic carbocycles. The van der Waals surface area contributed by atoms with Crippen molar-refractivity contribution in [3.63, 3.8) is 0 Å². The van der Waals surface area contributed by atoms with Crippen LogP contribution in [0.5, 0.6) is 0 Å². The number of nitrogens with one attached hydrogen (secondary N) is 1. The van der Waals surface area contributed by atoms with Gasteiger partial charge in [0.15, 0.2) is 0 Å². The Kier molecular flexibility index (Phi) is 7.16. The first kappa shape index (κ1) is 17.7. The van der Waals surface area contributed by atoms with Crippen LogP contribution in [0.3, 0.4) is 0 Å². The molecule has 0 aromatic rings. The highest BCUT2D eigenvalue weighted by Crippen LogP contribution is 2.25. The summed E-state index contributed by atoms with van der Waals surface area (Å²) >= 11 is 0. The number of ether oxygens (including phenoxy) is 1. The van der Waals surface area contributed by atoms with Crippen molar-refractivity contribution in [1.82, 2.24) is 10.2 Å². The first-order valence-corrected chi connectivity index (χ1v) is 9.15. The van der Waals surface area contributed by atoms with Gasteiger partial charge >= 0.3 is 5.97 Å². The number of carbonyl (C=O) groups excluding carboxylic acids is 1. The monoisotopic (exact) mass is 310 g/mol. The third-order valence-electron chi connectivity index (χ3n) is 5.36. The average Bonchev–Trinajstić information content (AvgIpc) is 2.53. The predicted molar refractivity (Wildman–Crippen MR) is 89.9 cm³/mol. The molecule has 0 amide bonds. The van der Waals surface area contributed by atoms with Gasteiger partial charge in [-0.3, -0.25) is 9.69 Å². The molecule has 1 saturated carbocycles. The second-order valence-electron chi connectivity index (χ2n) is 7.46. The van der Waals surface area contributed by atoms with Crippen LogP contribution in [0.1, 0.15) is 65.2 Å². The molecule has 0 bridgehead atoms. The molecule has 4 nitrogen and oxygen atoms in total. The third kappa shape index (κ3) is 5.54. The number of rotatable bonds is 6. The van der Waals surface area contributed by atoms with Crippen molar-refractivity contribution in [2.75, 3.05) is 20.2 Å². The number of hydrogen-bond donors (Lipinski definition) is 1. The molecule has 2 atom stereocenters. The van der Waals surface area contributed by atoms with E-state index >= 15 is 0 Å². The maximum Gasteiger partial charge on any atom is 0.305 e. The van der Waals surface area contributed by atoms with Gasteiger partial charge in [0.05, 0.1) is 7.11 Å². The van der Waals surface area contributed by atoms with Gasteiger partial charge in [0.1, 0.15) is 0 Å². The lowest BCUT2D eigenvalue weighted by atomic mass is 9.88. The van der Waals surface area contributed by atoms with Gasteiger partial charge in [-0.25, -0.2) is 0 Å². The zero-order chi connectivity index (χ0) is 15.9. The van der Waals surface area contributed by atoms with Crippen LogP contribution in [0.4, 0.5) is 0 Å². The second kappa shape index (κ2) is 8.88. The highest BCUT2D eigenvalue weighted by molar-refractivity contribution is 5.69. The van der Waals surface area contributed by atoms with E-state index in [1.54, 1.807) is 0 Å². The number of esters is 1. The quantitative estimate of drug-likeness (QED) is 0.766. The van der Waals surface area contributed by atoms with Crippen molar-refractivity contribution in [2.45, 2.75) is 83.3 Å². The van der Waals surface area contributed by atoms with Crippen LogP contribution in [-0.4, -0.2) is 49.2 Å². The van der Waals surface area contributed by atoms with Crippen LogP contribution in [0.2, 0.25) is 0 Å². The molecule has 128 valence electrons. The molecule has 1 N–H and O–H groups in total. The topological polar surface area (TPSA) is 41.6 Å². The molecule has 0 radical (unpaired) electrons. The lowest BCUT2D eigenvalue weighted by Gasteiger charge is -2.42. The van der Waals surface area contributed by atoms with Crippen LogP contribution < -0.4 is 5.32 Å². The molecule has 1 aliphatic heterocycles. The summed E-state index contributed by atoms with van der Waals surface area (Å²) in [6, 6.07) is 1.88. The standard InChI is InChI=1S/C18H34N2O2/c1-14(2)20-12-15(9-10-18(21)22-3)11-17(13-20)19-16-7-5-4-6-8-16/h14-17,19H,4-13H2,1-3H3. The summed E-state index contributed by atoms with van der Waals surface area (Å²) in [5.41, 5.74) is 0. The maximum atomic E-state index is 11.4. The average molecular weight is 310 g/mol. The van der Waals surface area contributed by atoms with Crippen LogP contribution in [-0.2, 0) is 9.53 Å². The summed E-state index contributed by atoms with van der Waals surface area (Å²) in [4.78, 5) is 14.0. The van der Waals surface area contributed by atoms with E-state index in [0.717, 1.165) is 19.5 Å². The zero-order valence-electron chi connectivity index (χ0n) is 14.6. The molecule has 2 aliphatic rings. The SMILES string of the molecule is COC(=O)CCC1CC(NC2CCCCC2)CN(C(C)C)C1. The van der Waals surface area contributed by atoms with Crippen LogP contribution >= 0.6 is 0 Å². The Balaban J connectivity index is 1.86. The Labute approximate surface area is 136 Å². The zero-order valence-corrected chi connectivity index (χ0v) is 14.6. The van der Waals surface area contributed by atoms with E-state index in [4.69, 9.17) is 4.74 Å². The molecular weight excluding hydrogens is 276 g/mol. The second-order valence-corrected chi connectivity index (χ2v) is 7.46. The highest BCUT2D eigenvalue weighted by Gasteiger charge is 2.30. The van der Waals surface area contributed by atoms with E-state index in [1.165, 1.54) is 45.6 Å². The summed E-state index contributed by atoms with van der Waals surface area (Å²) in [5, 5.41) is 3.92. The summed E-state index contributed by atoms with van der Waals surface area (Å²) in [6.07, 6.45) is 9.56. The molecule has 0 aromatic heterocycles. The van der Waals surface area contributed by atoms with Crippen molar-refractivity contribution < 1.29 is 9.53 Å². The Morgan fingerprint density at radius 3 is 2.55 bits per heavy atom. The molecular formula is C18H34N2O2. The van der Waals surface area contributed by atoms with Crippen LogP contribution in [0, 0.1) is 5.92 Å². The Bertz CT molecular complexity index is 340. The fourth-order valence-electron chi connectivity index (χ4n) is 4.02. The van der Waals surface area contributed by atoms with Gasteiger partial charge in [-0.15, -0.1) is 0 Å². The summed E-state index contributed by atoms with van der Waals surface area (Å²) in [5.74, 6) is 0.537. The van der Waals surface area contributed by atoms with Gasteiger partial charge < -0.3 is 10.1 Å². The van der Waals surface area contributed by atoms with E-state index in [0.29, 0.717) is 30.5 Å². The van der Waals surface area contributed by atoms with Gasteiger partial charge in [0.2, 0.25) is 0 Å². The number of hydrogen-bond acceptors (Lipinski definition) is 4. The largest absolute Gasteiger partial charge is 0.469 e. The van der Waals surface area contributed by atoms with Crippen LogP contribution in [0.15, 0.2) is 0 Å². The Morgan fingerprint density at radius 1 is 1.18 bits per heavy atom. The van der Waals surface area contributed by atoms with E-state index in [9.17, 15) is 4.79 Å². The number of likely N-dealkylation sites (tertiary alicyclic amines) is 1. The van der Waals surface area contributed by atoms with Crippen molar-refractivity contribution in [3.8, 4) is 0 Å². The summed E-state index contributed by atoms with van der Waals surface area (Å²) in [7, 11) is 1.48. The summed E-state index contributed by atoms with van der Waals surface area (Å²) in [6.45, 7) is 6.83. The minimum absolute atomic E-state index is 0.0709. The lowest BCUT2D eigenvalue weighted by molar-refractivity contribution is -0.141. The van der Waals surface area contributed by atoms with Crippen molar-refractivity contribution >= 4 is 5.97 Å². The molecule has 2 fully saturated rings. The summed E-state index contributed by atoms with van der Waals surface area (Å²) < 4.78 is 4.80. The molecule has 4 heteroatoms. The van der Waals surface area contributed by atoms with E-state index in [2.05, 4.69) is 24.1 Å². The van der Waals surface area contributed by atoms with Gasteiger partial charge in [0.25, 0.3) is 0 Å². The lowest BCUT2D eigenvalue weighted by Crippen LogP contribution is -2.53. The van der Waals surface area contributed by atoms with E-state index < -0.39 is 0 Å². The van der Waals surface area contributed by atoms with Crippen molar-refractivity contribution in [1.29, 1.82) is 0 Å². The molecule has 2 unspecified atom stereocenters. The minimum atomic E-state index is -0.0709. The molecule has 0 aromatic carbocycles. The van der Waals surface area contributed by atoms with Crippen LogP contribution in [0.25, 0.3) is 0 Å². The number of carbonyl (C=O) groups is 1. The fraction of sp³-hybridized carbons (Fsp3) is 0.944.